The molecule has 24 heavy (non-hydrogen) atoms. The predicted octanol–water partition coefficient (Wildman–Crippen LogP) is 1.85. The summed E-state index contributed by atoms with van der Waals surface area (Å²) in [6, 6.07) is 4.35. The van der Waals surface area contributed by atoms with E-state index in [2.05, 4.69) is 18.0 Å². The average molecular weight is 327 g/mol. The molecule has 4 atom stereocenters. The smallest absolute Gasteiger partial charge is 0.308 e. The summed E-state index contributed by atoms with van der Waals surface area (Å²) < 4.78 is 11.6. The first kappa shape index (κ1) is 14.5. The van der Waals surface area contributed by atoms with E-state index in [4.69, 9.17) is 9.47 Å². The maximum absolute atomic E-state index is 12.7. The molecule has 1 aromatic rings. The lowest BCUT2D eigenvalue weighted by atomic mass is 9.52. The van der Waals surface area contributed by atoms with Gasteiger partial charge in [-0.05, 0) is 50.4 Å². The van der Waals surface area contributed by atoms with Gasteiger partial charge in [0.1, 0.15) is 0 Å². The minimum absolute atomic E-state index is 0.201. The Kier molecular flexibility index (Phi) is 2.77. The van der Waals surface area contributed by atoms with E-state index in [1.807, 2.05) is 6.07 Å². The zero-order valence-corrected chi connectivity index (χ0v) is 14.0. The van der Waals surface area contributed by atoms with Crippen LogP contribution >= 0.6 is 0 Å². The molecular weight excluding hydrogens is 306 g/mol. The Labute approximate surface area is 140 Å². The van der Waals surface area contributed by atoms with Crippen LogP contribution in [0.25, 0.3) is 0 Å². The summed E-state index contributed by atoms with van der Waals surface area (Å²) in [6.07, 6.45) is 3.04. The number of likely N-dealkylation sites (N-methyl/N-ethyl adjacent to an activating group) is 1. The van der Waals surface area contributed by atoms with Crippen LogP contribution in [-0.2, 0) is 21.4 Å². The third-order valence-electron chi connectivity index (χ3n) is 6.62. The number of nitrogens with zero attached hydrogens (tertiary/aromatic N) is 1. The summed E-state index contributed by atoms with van der Waals surface area (Å²) in [4.78, 5) is 26.6. The Morgan fingerprint density at radius 1 is 1.42 bits per heavy atom. The monoisotopic (exact) mass is 327 g/mol. The first-order valence-electron chi connectivity index (χ1n) is 8.77. The first-order valence-corrected chi connectivity index (χ1v) is 8.77. The van der Waals surface area contributed by atoms with Crippen LogP contribution in [0, 0.1) is 5.92 Å². The van der Waals surface area contributed by atoms with Crippen LogP contribution in [0.2, 0.25) is 0 Å². The number of benzene rings is 1. The van der Waals surface area contributed by atoms with Gasteiger partial charge in [-0.1, -0.05) is 6.07 Å². The molecule has 0 amide bonds. The van der Waals surface area contributed by atoms with E-state index in [0.717, 1.165) is 31.4 Å². The highest BCUT2D eigenvalue weighted by Crippen LogP contribution is 2.63. The molecule has 2 heterocycles. The molecule has 5 heteroatoms. The van der Waals surface area contributed by atoms with E-state index >= 15 is 0 Å². The molecular formula is C19H21NO4. The number of carbonyl (C=O) groups is 2. The SMILES string of the molecule is CC(=O)Oc1ccc2c3c1OC1C(=O)CCC4C(C2)N(C)CCC314. The van der Waals surface area contributed by atoms with Gasteiger partial charge < -0.3 is 14.4 Å². The Morgan fingerprint density at radius 3 is 3.04 bits per heavy atom. The summed E-state index contributed by atoms with van der Waals surface area (Å²) in [5.41, 5.74) is 2.20. The number of ketones is 1. The fourth-order valence-electron chi connectivity index (χ4n) is 5.75. The maximum Gasteiger partial charge on any atom is 0.308 e. The van der Waals surface area contributed by atoms with Gasteiger partial charge in [-0.25, -0.2) is 0 Å². The Bertz CT molecular complexity index is 773. The summed E-state index contributed by atoms with van der Waals surface area (Å²) in [5.74, 6) is 1.40. The van der Waals surface area contributed by atoms with Gasteiger partial charge in [0.2, 0.25) is 0 Å². The van der Waals surface area contributed by atoms with Crippen LogP contribution in [0.1, 0.15) is 37.3 Å². The minimum Gasteiger partial charge on any atom is -0.477 e. The quantitative estimate of drug-likeness (QED) is 0.582. The van der Waals surface area contributed by atoms with Gasteiger partial charge in [-0.2, -0.15) is 0 Å². The van der Waals surface area contributed by atoms with E-state index < -0.39 is 6.10 Å². The highest BCUT2D eigenvalue weighted by molar-refractivity contribution is 5.89. The van der Waals surface area contributed by atoms with Crippen LogP contribution in [0.4, 0.5) is 0 Å². The summed E-state index contributed by atoms with van der Waals surface area (Å²) in [6.45, 7) is 2.37. The van der Waals surface area contributed by atoms with Crippen molar-refractivity contribution in [2.24, 2.45) is 5.92 Å². The molecule has 2 aliphatic heterocycles. The van der Waals surface area contributed by atoms with E-state index in [-0.39, 0.29) is 17.2 Å². The molecule has 1 saturated heterocycles. The summed E-state index contributed by atoms with van der Waals surface area (Å²) >= 11 is 0. The van der Waals surface area contributed by atoms with E-state index in [1.165, 1.54) is 12.5 Å². The van der Waals surface area contributed by atoms with E-state index in [9.17, 15) is 9.59 Å². The maximum atomic E-state index is 12.7. The van der Waals surface area contributed by atoms with Crippen LogP contribution in [0.3, 0.4) is 0 Å². The van der Waals surface area contributed by atoms with Gasteiger partial charge >= 0.3 is 5.97 Å². The number of Topliss-reactive ketones (excluding diaryl/α,β-unsaturated/α-hetero) is 1. The van der Waals surface area contributed by atoms with Crippen molar-refractivity contribution in [3.63, 3.8) is 0 Å². The molecule has 126 valence electrons. The van der Waals surface area contributed by atoms with Crippen molar-refractivity contribution in [1.82, 2.24) is 4.90 Å². The largest absolute Gasteiger partial charge is 0.477 e. The van der Waals surface area contributed by atoms with Crippen LogP contribution < -0.4 is 9.47 Å². The van der Waals surface area contributed by atoms with Crippen LogP contribution in [0.15, 0.2) is 12.1 Å². The van der Waals surface area contributed by atoms with E-state index in [0.29, 0.717) is 29.9 Å². The number of likely N-dealkylation sites (tertiary alicyclic amines) is 1. The highest BCUT2D eigenvalue weighted by Gasteiger charge is 2.65. The van der Waals surface area contributed by atoms with Crippen LogP contribution in [0.5, 0.6) is 11.5 Å². The topological polar surface area (TPSA) is 55.8 Å². The number of hydrogen-bond acceptors (Lipinski definition) is 5. The molecule has 1 spiro atoms. The molecule has 0 aromatic heterocycles. The molecule has 0 N–H and O–H groups in total. The zero-order chi connectivity index (χ0) is 16.6. The molecule has 2 bridgehead atoms. The second-order valence-electron chi connectivity index (χ2n) is 7.67. The molecule has 2 fully saturated rings. The van der Waals surface area contributed by atoms with Crippen molar-refractivity contribution < 1.29 is 19.1 Å². The molecule has 2 aliphatic carbocycles. The summed E-state index contributed by atoms with van der Waals surface area (Å²) in [7, 11) is 2.19. The van der Waals surface area contributed by atoms with Crippen molar-refractivity contribution >= 4 is 11.8 Å². The number of rotatable bonds is 1. The van der Waals surface area contributed by atoms with Gasteiger partial charge in [-0.3, -0.25) is 9.59 Å². The number of carbonyl (C=O) groups excluding carboxylic acids is 2. The second-order valence-corrected chi connectivity index (χ2v) is 7.67. The van der Waals surface area contributed by atoms with Crippen molar-refractivity contribution in [3.8, 4) is 11.5 Å². The van der Waals surface area contributed by atoms with Crippen molar-refractivity contribution in [2.45, 2.75) is 50.2 Å². The lowest BCUT2D eigenvalue weighted by Crippen LogP contribution is -2.65. The molecule has 4 unspecified atom stereocenters. The Balaban J connectivity index is 1.76. The number of ether oxygens (including phenoxy) is 2. The third-order valence-corrected chi connectivity index (χ3v) is 6.62. The summed E-state index contributed by atoms with van der Waals surface area (Å²) in [5, 5.41) is 0. The van der Waals surface area contributed by atoms with E-state index in [1.54, 1.807) is 0 Å². The molecule has 1 saturated carbocycles. The fourth-order valence-corrected chi connectivity index (χ4v) is 5.75. The molecule has 4 aliphatic rings. The third kappa shape index (κ3) is 1.59. The number of hydrogen-bond donors (Lipinski definition) is 0. The lowest BCUT2D eigenvalue weighted by Gasteiger charge is -2.57. The van der Waals surface area contributed by atoms with Crippen LogP contribution in [-0.4, -0.2) is 42.4 Å². The minimum atomic E-state index is -0.404. The van der Waals surface area contributed by atoms with Crippen molar-refractivity contribution in [3.05, 3.63) is 23.3 Å². The van der Waals surface area contributed by atoms with Gasteiger partial charge in [0.05, 0.1) is 0 Å². The molecule has 5 nitrogen and oxygen atoms in total. The predicted molar refractivity (Wildman–Crippen MR) is 86.3 cm³/mol. The highest BCUT2D eigenvalue weighted by atomic mass is 16.6. The van der Waals surface area contributed by atoms with Gasteiger partial charge in [0.25, 0.3) is 0 Å². The lowest BCUT2D eigenvalue weighted by molar-refractivity contribution is -0.138. The number of esters is 1. The van der Waals surface area contributed by atoms with Crippen molar-refractivity contribution in [1.29, 1.82) is 0 Å². The van der Waals surface area contributed by atoms with Gasteiger partial charge in [0.15, 0.2) is 23.4 Å². The fraction of sp³-hybridized carbons (Fsp3) is 0.579. The Morgan fingerprint density at radius 2 is 2.25 bits per heavy atom. The number of piperidine rings is 1. The average Bonchev–Trinajstić information content (AvgIpc) is 2.89. The first-order chi connectivity index (χ1) is 11.5. The molecule has 1 aromatic carbocycles. The van der Waals surface area contributed by atoms with Gasteiger partial charge in [0, 0.05) is 30.4 Å². The second kappa shape index (κ2) is 4.60. The van der Waals surface area contributed by atoms with Gasteiger partial charge in [-0.15, -0.1) is 0 Å². The molecule has 5 rings (SSSR count). The standard InChI is InChI=1S/C19H21NO4/c1-10(21)23-15-6-3-11-9-13-12-4-5-14(22)18-19(12,7-8-20(13)2)16(11)17(15)24-18/h3,6,12-13,18H,4-5,7-9H2,1-2H3. The van der Waals surface area contributed by atoms with Crippen molar-refractivity contribution in [2.75, 3.05) is 13.6 Å². The zero-order valence-electron chi connectivity index (χ0n) is 14.0. The Hall–Kier alpha value is -1.88. The molecule has 0 radical (unpaired) electrons. The normalized spacial score (nSPS) is 36.1.